The number of pyridine rings is 1. The second-order valence-electron chi connectivity index (χ2n) is 9.31. The second kappa shape index (κ2) is 10.5. The zero-order valence-electron chi connectivity index (χ0n) is 21.3. The summed E-state index contributed by atoms with van der Waals surface area (Å²) >= 11 is 0. The quantitative estimate of drug-likeness (QED) is 0.316. The van der Waals surface area contributed by atoms with Gasteiger partial charge in [-0.3, -0.25) is 4.98 Å². The van der Waals surface area contributed by atoms with Crippen LogP contribution < -0.4 is 5.32 Å². The first-order valence-corrected chi connectivity index (χ1v) is 14.1. The van der Waals surface area contributed by atoms with E-state index < -0.39 is 10.0 Å². The number of rotatable bonds is 7. The number of ether oxygens (including phenoxy) is 1. The van der Waals surface area contributed by atoms with Crippen molar-refractivity contribution in [2.24, 2.45) is 0 Å². The SMILES string of the molecule is Cc1cc(NCc2ccc(-c3ccccc3-c3nn[nH]n3)cc2)c2c(S(=O)(=O)N3CCOCC3)cccc2n1. The van der Waals surface area contributed by atoms with Crippen LogP contribution in [0.4, 0.5) is 5.69 Å². The number of anilines is 1. The number of tetrazole rings is 1. The lowest BCUT2D eigenvalue weighted by atomic mass is 9.98. The minimum Gasteiger partial charge on any atom is -0.380 e. The Morgan fingerprint density at radius 2 is 1.74 bits per heavy atom. The molecule has 1 fully saturated rings. The summed E-state index contributed by atoms with van der Waals surface area (Å²) in [5.41, 5.74) is 6.16. The van der Waals surface area contributed by atoms with Crippen LogP contribution in [0.5, 0.6) is 0 Å². The van der Waals surface area contributed by atoms with E-state index in [-0.39, 0.29) is 4.90 Å². The summed E-state index contributed by atoms with van der Waals surface area (Å²) in [5, 5.41) is 18.5. The Kier molecular flexibility index (Phi) is 6.77. The van der Waals surface area contributed by atoms with Gasteiger partial charge in [0.25, 0.3) is 0 Å². The fourth-order valence-corrected chi connectivity index (χ4v) is 6.50. The smallest absolute Gasteiger partial charge is 0.243 e. The molecule has 10 nitrogen and oxygen atoms in total. The molecule has 1 saturated heterocycles. The third-order valence-corrected chi connectivity index (χ3v) is 8.71. The van der Waals surface area contributed by atoms with Crippen LogP contribution in [-0.4, -0.2) is 64.6 Å². The Hall–Kier alpha value is -4.19. The predicted octanol–water partition coefficient (Wildman–Crippen LogP) is 4.02. The average molecular weight is 542 g/mol. The normalized spacial score (nSPS) is 14.5. The van der Waals surface area contributed by atoms with Gasteiger partial charge in [-0.05, 0) is 47.0 Å². The number of H-pyrrole nitrogens is 1. The standard InChI is InChI=1S/C28H27N7O3S/c1-19-17-25(27-24(30-19)7-4-8-26(27)39(36,37)35-13-15-38-16-14-35)29-18-20-9-11-21(12-10-20)22-5-2-3-6-23(22)28-31-33-34-32-28/h2-12,17H,13-16,18H2,1H3,(H,29,30)(H,31,32,33,34). The number of sulfonamides is 1. The molecule has 3 heterocycles. The van der Waals surface area contributed by atoms with Crippen LogP contribution in [0, 0.1) is 6.92 Å². The summed E-state index contributed by atoms with van der Waals surface area (Å²) in [7, 11) is -3.71. The summed E-state index contributed by atoms with van der Waals surface area (Å²) in [6.45, 7) is 3.87. The number of morpholine rings is 1. The molecule has 0 unspecified atom stereocenters. The molecule has 5 aromatic rings. The van der Waals surface area contributed by atoms with Gasteiger partial charge < -0.3 is 10.1 Å². The molecule has 1 aliphatic heterocycles. The molecule has 0 atom stereocenters. The van der Waals surface area contributed by atoms with Gasteiger partial charge in [-0.15, -0.1) is 10.2 Å². The van der Waals surface area contributed by atoms with E-state index in [1.54, 1.807) is 12.1 Å². The molecule has 0 bridgehead atoms. The maximum atomic E-state index is 13.6. The monoisotopic (exact) mass is 541 g/mol. The molecule has 0 spiro atoms. The molecule has 0 amide bonds. The van der Waals surface area contributed by atoms with Crippen LogP contribution in [-0.2, 0) is 21.3 Å². The summed E-state index contributed by atoms with van der Waals surface area (Å²) in [6, 6.07) is 23.3. The Morgan fingerprint density at radius 3 is 2.49 bits per heavy atom. The highest BCUT2D eigenvalue weighted by Crippen LogP contribution is 2.33. The summed E-state index contributed by atoms with van der Waals surface area (Å²) in [5.74, 6) is 0.541. The van der Waals surface area contributed by atoms with Crippen LogP contribution >= 0.6 is 0 Å². The van der Waals surface area contributed by atoms with Gasteiger partial charge in [0.1, 0.15) is 0 Å². The molecule has 39 heavy (non-hydrogen) atoms. The van der Waals surface area contributed by atoms with E-state index in [9.17, 15) is 8.42 Å². The number of aromatic amines is 1. The molecule has 11 heteroatoms. The summed E-state index contributed by atoms with van der Waals surface area (Å²) < 4.78 is 34.0. The Labute approximate surface area is 226 Å². The van der Waals surface area contributed by atoms with Gasteiger partial charge in [0.15, 0.2) is 0 Å². The van der Waals surface area contributed by atoms with Crippen molar-refractivity contribution in [3.8, 4) is 22.5 Å². The zero-order chi connectivity index (χ0) is 26.8. The van der Waals surface area contributed by atoms with Crippen LogP contribution in [0.15, 0.2) is 77.7 Å². The van der Waals surface area contributed by atoms with Gasteiger partial charge in [0, 0.05) is 42.0 Å². The first-order valence-electron chi connectivity index (χ1n) is 12.6. The highest BCUT2D eigenvalue weighted by Gasteiger charge is 2.29. The molecule has 0 saturated carbocycles. The van der Waals surface area contributed by atoms with Crippen LogP contribution in [0.2, 0.25) is 0 Å². The number of aromatic nitrogens is 5. The largest absolute Gasteiger partial charge is 0.380 e. The molecule has 3 aromatic carbocycles. The van der Waals surface area contributed by atoms with Crippen molar-refractivity contribution in [2.75, 3.05) is 31.6 Å². The Morgan fingerprint density at radius 1 is 0.974 bits per heavy atom. The number of benzene rings is 3. The fraction of sp³-hybridized carbons (Fsp3) is 0.214. The van der Waals surface area contributed by atoms with Crippen molar-refractivity contribution in [3.05, 3.63) is 84.1 Å². The fourth-order valence-electron chi connectivity index (χ4n) is 4.87. The first kappa shape index (κ1) is 25.1. The van der Waals surface area contributed by atoms with Crippen molar-refractivity contribution in [1.82, 2.24) is 29.9 Å². The molecular formula is C28H27N7O3S. The average Bonchev–Trinajstić information content (AvgIpc) is 3.51. The third-order valence-electron chi connectivity index (χ3n) is 6.77. The van der Waals surface area contributed by atoms with E-state index >= 15 is 0 Å². The van der Waals surface area contributed by atoms with E-state index in [0.717, 1.165) is 33.6 Å². The van der Waals surface area contributed by atoms with Gasteiger partial charge in [-0.25, -0.2) is 8.42 Å². The Balaban J connectivity index is 1.29. The highest BCUT2D eigenvalue weighted by atomic mass is 32.2. The molecule has 0 aliphatic carbocycles. The molecule has 198 valence electrons. The van der Waals surface area contributed by atoms with Crippen molar-refractivity contribution >= 4 is 26.6 Å². The minimum atomic E-state index is -3.71. The third kappa shape index (κ3) is 4.99. The van der Waals surface area contributed by atoms with E-state index in [4.69, 9.17) is 4.74 Å². The van der Waals surface area contributed by atoms with Crippen molar-refractivity contribution < 1.29 is 13.2 Å². The van der Waals surface area contributed by atoms with Crippen molar-refractivity contribution in [1.29, 1.82) is 0 Å². The van der Waals surface area contributed by atoms with Crippen molar-refractivity contribution in [2.45, 2.75) is 18.4 Å². The van der Waals surface area contributed by atoms with Crippen LogP contribution in [0.1, 0.15) is 11.3 Å². The van der Waals surface area contributed by atoms with Gasteiger partial charge in [0.2, 0.25) is 15.8 Å². The molecule has 6 rings (SSSR count). The number of fused-ring (bicyclic) bond motifs is 1. The number of hydrogen-bond acceptors (Lipinski definition) is 8. The van der Waals surface area contributed by atoms with E-state index in [2.05, 4.69) is 55.2 Å². The molecule has 2 aromatic heterocycles. The topological polar surface area (TPSA) is 126 Å². The molecule has 0 radical (unpaired) electrons. The summed E-state index contributed by atoms with van der Waals surface area (Å²) in [6.07, 6.45) is 0. The molecule has 1 aliphatic rings. The second-order valence-corrected chi connectivity index (χ2v) is 11.2. The Bertz CT molecular complexity index is 1720. The summed E-state index contributed by atoms with van der Waals surface area (Å²) in [4.78, 5) is 4.88. The van der Waals surface area contributed by atoms with Crippen LogP contribution in [0.25, 0.3) is 33.4 Å². The predicted molar refractivity (Wildman–Crippen MR) is 148 cm³/mol. The number of nitrogens with zero attached hydrogens (tertiary/aromatic N) is 5. The number of hydrogen-bond donors (Lipinski definition) is 2. The van der Waals surface area contributed by atoms with Crippen molar-refractivity contribution in [3.63, 3.8) is 0 Å². The number of nitrogens with one attached hydrogen (secondary N) is 2. The van der Waals surface area contributed by atoms with E-state index in [1.807, 2.05) is 43.3 Å². The van der Waals surface area contributed by atoms with E-state index in [1.165, 1.54) is 4.31 Å². The van der Waals surface area contributed by atoms with Gasteiger partial charge in [-0.1, -0.05) is 54.6 Å². The lowest BCUT2D eigenvalue weighted by Gasteiger charge is -2.27. The molecular weight excluding hydrogens is 514 g/mol. The minimum absolute atomic E-state index is 0.255. The van der Waals surface area contributed by atoms with Crippen LogP contribution in [0.3, 0.4) is 0 Å². The lowest BCUT2D eigenvalue weighted by Crippen LogP contribution is -2.40. The van der Waals surface area contributed by atoms with Gasteiger partial charge in [-0.2, -0.15) is 9.52 Å². The zero-order valence-corrected chi connectivity index (χ0v) is 22.1. The van der Waals surface area contributed by atoms with E-state index in [0.29, 0.717) is 49.6 Å². The first-order chi connectivity index (χ1) is 19.0. The maximum absolute atomic E-state index is 13.6. The van der Waals surface area contributed by atoms with Gasteiger partial charge >= 0.3 is 0 Å². The lowest BCUT2D eigenvalue weighted by molar-refractivity contribution is 0.0730. The highest BCUT2D eigenvalue weighted by molar-refractivity contribution is 7.89. The number of aryl methyl sites for hydroxylation is 1. The maximum Gasteiger partial charge on any atom is 0.243 e. The molecule has 2 N–H and O–H groups in total. The van der Waals surface area contributed by atoms with Gasteiger partial charge in [0.05, 0.1) is 23.6 Å².